The summed E-state index contributed by atoms with van der Waals surface area (Å²) >= 11 is 0. The van der Waals surface area contributed by atoms with Gasteiger partial charge in [0.2, 0.25) is 6.79 Å². The van der Waals surface area contributed by atoms with Crippen molar-refractivity contribution in [2.75, 3.05) is 6.79 Å². The van der Waals surface area contributed by atoms with Crippen LogP contribution in [0.4, 0.5) is 0 Å². The molecule has 90 valence electrons. The van der Waals surface area contributed by atoms with Gasteiger partial charge in [-0.2, -0.15) is 0 Å². The van der Waals surface area contributed by atoms with Crippen LogP contribution >= 0.6 is 0 Å². The highest BCUT2D eigenvalue weighted by Gasteiger charge is 2.11. The SMILES string of the molecule is C[n+]1ccc(/C=C\c2ccc3c(c2)OCO3)cc1. The lowest BCUT2D eigenvalue weighted by atomic mass is 10.1. The fourth-order valence-corrected chi connectivity index (χ4v) is 1.83. The van der Waals surface area contributed by atoms with E-state index in [0.29, 0.717) is 6.79 Å². The molecule has 3 rings (SSSR count). The van der Waals surface area contributed by atoms with Crippen molar-refractivity contribution in [3.8, 4) is 11.5 Å². The Morgan fingerprint density at radius 3 is 2.50 bits per heavy atom. The normalized spacial score (nSPS) is 13.2. The molecule has 0 fully saturated rings. The summed E-state index contributed by atoms with van der Waals surface area (Å²) in [5, 5.41) is 0. The summed E-state index contributed by atoms with van der Waals surface area (Å²) in [7, 11) is 2.01. The molecular weight excluding hydrogens is 226 g/mol. The van der Waals surface area contributed by atoms with E-state index in [0.717, 1.165) is 17.1 Å². The topological polar surface area (TPSA) is 22.3 Å². The number of benzene rings is 1. The zero-order valence-corrected chi connectivity index (χ0v) is 10.2. The maximum absolute atomic E-state index is 5.35. The van der Waals surface area contributed by atoms with Crippen LogP contribution < -0.4 is 14.0 Å². The second-order valence-electron chi connectivity index (χ2n) is 4.24. The van der Waals surface area contributed by atoms with Gasteiger partial charge in [-0.25, -0.2) is 4.57 Å². The molecule has 0 unspecified atom stereocenters. The molecule has 18 heavy (non-hydrogen) atoms. The molecule has 3 heteroatoms. The lowest BCUT2D eigenvalue weighted by molar-refractivity contribution is -0.671. The summed E-state index contributed by atoms with van der Waals surface area (Å²) in [6, 6.07) is 10.1. The minimum Gasteiger partial charge on any atom is -0.454 e. The molecule has 0 bridgehead atoms. The first kappa shape index (κ1) is 10.8. The van der Waals surface area contributed by atoms with Gasteiger partial charge in [0.25, 0.3) is 0 Å². The van der Waals surface area contributed by atoms with E-state index in [4.69, 9.17) is 9.47 Å². The average molecular weight is 240 g/mol. The maximum Gasteiger partial charge on any atom is 0.231 e. The van der Waals surface area contributed by atoms with Crippen LogP contribution in [0.3, 0.4) is 0 Å². The largest absolute Gasteiger partial charge is 0.454 e. The van der Waals surface area contributed by atoms with Crippen molar-refractivity contribution in [2.24, 2.45) is 7.05 Å². The molecule has 2 aromatic rings. The van der Waals surface area contributed by atoms with E-state index in [9.17, 15) is 0 Å². The van der Waals surface area contributed by atoms with E-state index in [2.05, 4.69) is 24.3 Å². The van der Waals surface area contributed by atoms with Gasteiger partial charge in [-0.15, -0.1) is 0 Å². The quantitative estimate of drug-likeness (QED) is 0.752. The molecule has 1 aliphatic rings. The number of nitrogens with zero attached hydrogens (tertiary/aromatic N) is 1. The van der Waals surface area contributed by atoms with Crippen molar-refractivity contribution in [1.29, 1.82) is 0 Å². The van der Waals surface area contributed by atoms with Crippen molar-refractivity contribution in [1.82, 2.24) is 0 Å². The molecule has 0 radical (unpaired) electrons. The van der Waals surface area contributed by atoms with Crippen LogP contribution in [0.25, 0.3) is 12.2 Å². The Balaban J connectivity index is 1.82. The molecule has 0 saturated heterocycles. The average Bonchev–Trinajstić information content (AvgIpc) is 2.85. The third kappa shape index (κ3) is 2.20. The number of pyridine rings is 1. The second kappa shape index (κ2) is 4.53. The van der Waals surface area contributed by atoms with Crippen molar-refractivity contribution in [3.05, 3.63) is 53.9 Å². The number of fused-ring (bicyclic) bond motifs is 1. The summed E-state index contributed by atoms with van der Waals surface area (Å²) in [5.41, 5.74) is 2.28. The predicted molar refractivity (Wildman–Crippen MR) is 69.1 cm³/mol. The molecule has 0 N–H and O–H groups in total. The summed E-state index contributed by atoms with van der Waals surface area (Å²) in [4.78, 5) is 0. The summed E-state index contributed by atoms with van der Waals surface area (Å²) < 4.78 is 12.6. The van der Waals surface area contributed by atoms with E-state index >= 15 is 0 Å². The summed E-state index contributed by atoms with van der Waals surface area (Å²) in [5.74, 6) is 1.63. The fraction of sp³-hybridized carbons (Fsp3) is 0.133. The molecule has 0 spiro atoms. The van der Waals surface area contributed by atoms with Crippen LogP contribution in [-0.4, -0.2) is 6.79 Å². The Morgan fingerprint density at radius 1 is 0.944 bits per heavy atom. The standard InChI is InChI=1S/C15H14NO2/c1-16-8-6-12(7-9-16)2-3-13-4-5-14-15(10-13)18-11-17-14/h2-10H,11H2,1H3/q+1/b3-2-. The molecule has 1 aliphatic heterocycles. The van der Waals surface area contributed by atoms with Gasteiger partial charge in [-0.05, 0) is 23.3 Å². The highest BCUT2D eigenvalue weighted by Crippen LogP contribution is 2.32. The fourth-order valence-electron chi connectivity index (χ4n) is 1.83. The zero-order chi connectivity index (χ0) is 12.4. The predicted octanol–water partition coefficient (Wildman–Crippen LogP) is 2.41. The monoisotopic (exact) mass is 240 g/mol. The van der Waals surface area contributed by atoms with Gasteiger partial charge >= 0.3 is 0 Å². The Hall–Kier alpha value is -2.29. The molecule has 3 nitrogen and oxygen atoms in total. The number of aryl methyl sites for hydroxylation is 1. The van der Waals surface area contributed by atoms with Gasteiger partial charge < -0.3 is 9.47 Å². The Labute approximate surface area is 106 Å². The van der Waals surface area contributed by atoms with Crippen LogP contribution in [0.1, 0.15) is 11.1 Å². The molecule has 2 heterocycles. The molecular formula is C15H14NO2+. The van der Waals surface area contributed by atoms with E-state index in [1.54, 1.807) is 0 Å². The summed E-state index contributed by atoms with van der Waals surface area (Å²) in [6.45, 7) is 0.317. The Bertz CT molecular complexity index is 588. The minimum atomic E-state index is 0.317. The smallest absolute Gasteiger partial charge is 0.231 e. The van der Waals surface area contributed by atoms with Gasteiger partial charge in [-0.3, -0.25) is 0 Å². The Morgan fingerprint density at radius 2 is 1.67 bits per heavy atom. The third-order valence-electron chi connectivity index (χ3n) is 2.87. The van der Waals surface area contributed by atoms with Crippen molar-refractivity contribution in [3.63, 3.8) is 0 Å². The van der Waals surface area contributed by atoms with E-state index in [1.165, 1.54) is 5.56 Å². The van der Waals surface area contributed by atoms with Gasteiger partial charge in [0.15, 0.2) is 23.9 Å². The first-order chi connectivity index (χ1) is 8.81. The van der Waals surface area contributed by atoms with Crippen LogP contribution in [0, 0.1) is 0 Å². The molecule has 0 aliphatic carbocycles. The van der Waals surface area contributed by atoms with Crippen molar-refractivity contribution < 1.29 is 14.0 Å². The van der Waals surface area contributed by atoms with Gasteiger partial charge in [-0.1, -0.05) is 18.2 Å². The number of aromatic nitrogens is 1. The minimum absolute atomic E-state index is 0.317. The Kier molecular flexibility index (Phi) is 2.73. The van der Waals surface area contributed by atoms with E-state index < -0.39 is 0 Å². The van der Waals surface area contributed by atoms with Crippen molar-refractivity contribution in [2.45, 2.75) is 0 Å². The van der Waals surface area contributed by atoms with E-state index in [-0.39, 0.29) is 0 Å². The molecule has 0 atom stereocenters. The number of hydrogen-bond acceptors (Lipinski definition) is 2. The maximum atomic E-state index is 5.35. The number of ether oxygens (including phenoxy) is 2. The summed E-state index contributed by atoms with van der Waals surface area (Å²) in [6.07, 6.45) is 8.20. The van der Waals surface area contributed by atoms with Crippen LogP contribution in [0.5, 0.6) is 11.5 Å². The van der Waals surface area contributed by atoms with Gasteiger partial charge in [0.1, 0.15) is 7.05 Å². The number of hydrogen-bond donors (Lipinski definition) is 0. The zero-order valence-electron chi connectivity index (χ0n) is 10.2. The lowest BCUT2D eigenvalue weighted by Gasteiger charge is -1.97. The molecule has 1 aromatic heterocycles. The number of rotatable bonds is 2. The molecule has 0 saturated carbocycles. The van der Waals surface area contributed by atoms with Crippen molar-refractivity contribution >= 4 is 12.2 Å². The first-order valence-corrected chi connectivity index (χ1v) is 5.84. The molecule has 1 aromatic carbocycles. The molecule has 0 amide bonds. The second-order valence-corrected chi connectivity index (χ2v) is 4.24. The lowest BCUT2D eigenvalue weighted by Crippen LogP contribution is -2.25. The van der Waals surface area contributed by atoms with Crippen LogP contribution in [-0.2, 0) is 7.05 Å². The highest BCUT2D eigenvalue weighted by atomic mass is 16.7. The van der Waals surface area contributed by atoms with Crippen LogP contribution in [0.15, 0.2) is 42.7 Å². The highest BCUT2D eigenvalue weighted by molar-refractivity contribution is 5.70. The van der Waals surface area contributed by atoms with E-state index in [1.807, 2.05) is 42.2 Å². The first-order valence-electron chi connectivity index (χ1n) is 5.84. The van der Waals surface area contributed by atoms with Gasteiger partial charge in [0.05, 0.1) is 0 Å². The van der Waals surface area contributed by atoms with Gasteiger partial charge in [0, 0.05) is 12.1 Å². The van der Waals surface area contributed by atoms with Crippen LogP contribution in [0.2, 0.25) is 0 Å². The third-order valence-corrected chi connectivity index (χ3v) is 2.87.